The van der Waals surface area contributed by atoms with Crippen molar-refractivity contribution in [3.8, 4) is 0 Å². The fourth-order valence-corrected chi connectivity index (χ4v) is 1.80. The van der Waals surface area contributed by atoms with Crippen LogP contribution in [0.5, 0.6) is 0 Å². The fourth-order valence-electron chi connectivity index (χ4n) is 1.58. The van der Waals surface area contributed by atoms with Crippen LogP contribution in [0.25, 0.3) is 0 Å². The second-order valence-corrected chi connectivity index (χ2v) is 4.12. The molecule has 0 amide bonds. The molecule has 1 unspecified atom stereocenters. The van der Waals surface area contributed by atoms with Gasteiger partial charge in [-0.1, -0.05) is 11.6 Å². The lowest BCUT2D eigenvalue weighted by molar-refractivity contribution is 0.0768. The molecule has 1 heterocycles. The molecule has 0 aromatic carbocycles. The van der Waals surface area contributed by atoms with Gasteiger partial charge in [-0.15, -0.1) is 0 Å². The highest BCUT2D eigenvalue weighted by atomic mass is 35.5. The van der Waals surface area contributed by atoms with Gasteiger partial charge in [-0.05, 0) is 25.7 Å². The first-order valence-corrected chi connectivity index (χ1v) is 5.23. The molecule has 0 radical (unpaired) electrons. The van der Waals surface area contributed by atoms with Gasteiger partial charge in [0.15, 0.2) is 16.8 Å². The van der Waals surface area contributed by atoms with Crippen LogP contribution in [0, 0.1) is 18.7 Å². The molecular formula is C10H12ClFN2O. The summed E-state index contributed by atoms with van der Waals surface area (Å²) in [6.07, 6.45) is 2.06. The molecule has 3 nitrogen and oxygen atoms in total. The van der Waals surface area contributed by atoms with Crippen LogP contribution in [0.15, 0.2) is 0 Å². The topological polar surface area (TPSA) is 35.0 Å². The Bertz CT molecular complexity index is 359. The standard InChI is InChI=1S/C10H12ClFN2O/c1-5-7(12)9(11)14-10(13-5)8(15-2)6-3-4-6/h6,8H,3-4H2,1-2H3. The van der Waals surface area contributed by atoms with Gasteiger partial charge in [0.05, 0.1) is 5.69 Å². The highest BCUT2D eigenvalue weighted by molar-refractivity contribution is 6.29. The van der Waals surface area contributed by atoms with Crippen molar-refractivity contribution < 1.29 is 9.13 Å². The zero-order chi connectivity index (χ0) is 11.0. The van der Waals surface area contributed by atoms with Crippen LogP contribution in [-0.2, 0) is 4.74 Å². The summed E-state index contributed by atoms with van der Waals surface area (Å²) in [5.74, 6) is 0.394. The first-order valence-electron chi connectivity index (χ1n) is 4.85. The Labute approximate surface area is 92.6 Å². The quantitative estimate of drug-likeness (QED) is 0.749. The van der Waals surface area contributed by atoms with Gasteiger partial charge in [-0.2, -0.15) is 0 Å². The van der Waals surface area contributed by atoms with Crippen molar-refractivity contribution in [2.45, 2.75) is 25.9 Å². The molecule has 0 N–H and O–H groups in total. The zero-order valence-electron chi connectivity index (χ0n) is 8.63. The minimum atomic E-state index is -0.550. The molecule has 1 atom stereocenters. The summed E-state index contributed by atoms with van der Waals surface area (Å²) < 4.78 is 18.5. The molecule has 1 aromatic rings. The average molecular weight is 231 g/mol. The van der Waals surface area contributed by atoms with E-state index >= 15 is 0 Å². The summed E-state index contributed by atoms with van der Waals surface area (Å²) >= 11 is 5.66. The van der Waals surface area contributed by atoms with Gasteiger partial charge in [0, 0.05) is 7.11 Å². The van der Waals surface area contributed by atoms with E-state index in [1.54, 1.807) is 14.0 Å². The van der Waals surface area contributed by atoms with Crippen molar-refractivity contribution in [1.82, 2.24) is 9.97 Å². The van der Waals surface area contributed by atoms with E-state index in [4.69, 9.17) is 16.3 Å². The number of aromatic nitrogens is 2. The first-order chi connectivity index (χ1) is 7.13. The normalized spacial score (nSPS) is 17.9. The molecule has 1 aliphatic carbocycles. The maximum atomic E-state index is 13.2. The number of aryl methyl sites for hydroxylation is 1. The van der Waals surface area contributed by atoms with Gasteiger partial charge >= 0.3 is 0 Å². The summed E-state index contributed by atoms with van der Waals surface area (Å²) in [4.78, 5) is 7.99. The van der Waals surface area contributed by atoms with Crippen LogP contribution in [0.2, 0.25) is 5.15 Å². The number of hydrogen-bond donors (Lipinski definition) is 0. The zero-order valence-corrected chi connectivity index (χ0v) is 9.38. The number of hydrogen-bond acceptors (Lipinski definition) is 3. The molecule has 0 saturated heterocycles. The van der Waals surface area contributed by atoms with E-state index in [1.807, 2.05) is 0 Å². The minimum absolute atomic E-state index is 0.125. The predicted molar refractivity (Wildman–Crippen MR) is 54.2 cm³/mol. The van der Waals surface area contributed by atoms with Gasteiger partial charge in [-0.3, -0.25) is 0 Å². The Kier molecular flexibility index (Phi) is 2.89. The average Bonchev–Trinajstić information content (AvgIpc) is 2.99. The molecule has 5 heteroatoms. The second kappa shape index (κ2) is 4.02. The molecule has 1 aromatic heterocycles. The number of rotatable bonds is 3. The Balaban J connectivity index is 2.34. The molecule has 1 saturated carbocycles. The van der Waals surface area contributed by atoms with Crippen molar-refractivity contribution in [2.24, 2.45) is 5.92 Å². The lowest BCUT2D eigenvalue weighted by atomic mass is 10.2. The monoisotopic (exact) mass is 230 g/mol. The summed E-state index contributed by atoms with van der Waals surface area (Å²) in [6, 6.07) is 0. The molecule has 15 heavy (non-hydrogen) atoms. The van der Waals surface area contributed by atoms with Gasteiger partial charge in [0.2, 0.25) is 0 Å². The van der Waals surface area contributed by atoms with E-state index < -0.39 is 5.82 Å². The first kappa shape index (κ1) is 10.8. The number of nitrogens with zero attached hydrogens (tertiary/aromatic N) is 2. The SMILES string of the molecule is COC(c1nc(C)c(F)c(Cl)n1)C1CC1. The Morgan fingerprint density at radius 2 is 2.13 bits per heavy atom. The molecule has 1 aliphatic rings. The van der Waals surface area contributed by atoms with E-state index in [9.17, 15) is 4.39 Å². The Hall–Kier alpha value is -0.740. The molecule has 0 bridgehead atoms. The maximum absolute atomic E-state index is 13.2. The number of ether oxygens (including phenoxy) is 1. The van der Waals surface area contributed by atoms with Crippen molar-refractivity contribution in [2.75, 3.05) is 7.11 Å². The van der Waals surface area contributed by atoms with Gasteiger partial charge < -0.3 is 4.74 Å². The molecule has 1 fully saturated rings. The summed E-state index contributed by atoms with van der Waals surface area (Å²) in [5.41, 5.74) is 0.271. The lowest BCUT2D eigenvalue weighted by Gasteiger charge is -2.13. The number of halogens is 2. The third-order valence-electron chi connectivity index (χ3n) is 2.55. The highest BCUT2D eigenvalue weighted by Crippen LogP contribution is 2.42. The van der Waals surface area contributed by atoms with Crippen LogP contribution in [-0.4, -0.2) is 17.1 Å². The molecule has 0 aliphatic heterocycles. The minimum Gasteiger partial charge on any atom is -0.373 e. The summed E-state index contributed by atoms with van der Waals surface area (Å²) in [7, 11) is 1.61. The van der Waals surface area contributed by atoms with Crippen LogP contribution >= 0.6 is 11.6 Å². The van der Waals surface area contributed by atoms with E-state index in [0.717, 1.165) is 12.8 Å². The lowest BCUT2D eigenvalue weighted by Crippen LogP contribution is -2.11. The van der Waals surface area contributed by atoms with Crippen molar-refractivity contribution in [1.29, 1.82) is 0 Å². The predicted octanol–water partition coefficient (Wildman–Crippen LogP) is 2.68. The molecule has 0 spiro atoms. The fraction of sp³-hybridized carbons (Fsp3) is 0.600. The van der Waals surface area contributed by atoms with E-state index in [2.05, 4.69) is 9.97 Å². The largest absolute Gasteiger partial charge is 0.373 e. The van der Waals surface area contributed by atoms with Crippen molar-refractivity contribution in [3.63, 3.8) is 0 Å². The van der Waals surface area contributed by atoms with E-state index in [1.165, 1.54) is 0 Å². The summed E-state index contributed by atoms with van der Waals surface area (Å²) in [6.45, 7) is 1.58. The van der Waals surface area contributed by atoms with Crippen LogP contribution in [0.4, 0.5) is 4.39 Å². The summed E-state index contributed by atoms with van der Waals surface area (Å²) in [5, 5.41) is -0.125. The van der Waals surface area contributed by atoms with Crippen LogP contribution in [0.1, 0.15) is 30.5 Å². The molecule has 82 valence electrons. The van der Waals surface area contributed by atoms with Crippen molar-refractivity contribution in [3.05, 3.63) is 22.5 Å². The number of methoxy groups -OCH3 is 1. The third kappa shape index (κ3) is 2.11. The maximum Gasteiger partial charge on any atom is 0.181 e. The van der Waals surface area contributed by atoms with Gasteiger partial charge in [0.25, 0.3) is 0 Å². The Morgan fingerprint density at radius 3 is 2.60 bits per heavy atom. The van der Waals surface area contributed by atoms with Gasteiger partial charge in [0.1, 0.15) is 6.10 Å². The van der Waals surface area contributed by atoms with Crippen molar-refractivity contribution >= 4 is 11.6 Å². The van der Waals surface area contributed by atoms with Gasteiger partial charge in [-0.25, -0.2) is 14.4 Å². The van der Waals surface area contributed by atoms with Crippen LogP contribution in [0.3, 0.4) is 0 Å². The van der Waals surface area contributed by atoms with E-state index in [0.29, 0.717) is 11.7 Å². The third-order valence-corrected chi connectivity index (χ3v) is 2.80. The highest BCUT2D eigenvalue weighted by Gasteiger charge is 2.34. The second-order valence-electron chi connectivity index (χ2n) is 3.77. The smallest absolute Gasteiger partial charge is 0.181 e. The van der Waals surface area contributed by atoms with E-state index in [-0.39, 0.29) is 17.0 Å². The molecule has 2 rings (SSSR count). The van der Waals surface area contributed by atoms with Crippen LogP contribution < -0.4 is 0 Å². The molecular weight excluding hydrogens is 219 g/mol. The Morgan fingerprint density at radius 1 is 1.47 bits per heavy atom.